The number of hydrogen-bond donors (Lipinski definition) is 1. The van der Waals surface area contributed by atoms with E-state index in [1.165, 1.54) is 0 Å². The molecule has 3 nitrogen and oxygen atoms in total. The number of anilines is 1. The Bertz CT molecular complexity index is 528. The van der Waals surface area contributed by atoms with E-state index < -0.39 is 0 Å². The highest BCUT2D eigenvalue weighted by Crippen LogP contribution is 2.16. The quantitative estimate of drug-likeness (QED) is 0.867. The summed E-state index contributed by atoms with van der Waals surface area (Å²) in [6.45, 7) is 0.646. The normalized spacial score (nSPS) is 10.1. The zero-order valence-corrected chi connectivity index (χ0v) is 12.3. The van der Waals surface area contributed by atoms with E-state index in [1.807, 2.05) is 48.3 Å². The fourth-order valence-corrected chi connectivity index (χ4v) is 2.07. The van der Waals surface area contributed by atoms with Crippen molar-refractivity contribution < 1.29 is 4.42 Å². The fraction of sp³-hybridized carbons (Fsp3) is 0.154. The molecule has 94 valence electrons. The lowest BCUT2D eigenvalue weighted by atomic mass is 10.3. The number of hydrogen-bond acceptors (Lipinski definition) is 2. The smallest absolute Gasteiger partial charge is 0.173 e. The molecule has 1 heterocycles. The van der Waals surface area contributed by atoms with Crippen LogP contribution in [0.1, 0.15) is 5.76 Å². The van der Waals surface area contributed by atoms with Crippen LogP contribution in [0.15, 0.2) is 51.6 Å². The zero-order valence-electron chi connectivity index (χ0n) is 9.89. The van der Waals surface area contributed by atoms with E-state index in [4.69, 9.17) is 16.6 Å². The molecule has 0 spiro atoms. The van der Waals surface area contributed by atoms with Crippen molar-refractivity contribution in [2.24, 2.45) is 0 Å². The van der Waals surface area contributed by atoms with Crippen molar-refractivity contribution >= 4 is 38.9 Å². The number of furan rings is 1. The third kappa shape index (κ3) is 3.58. The van der Waals surface area contributed by atoms with Crippen molar-refractivity contribution in [1.29, 1.82) is 0 Å². The van der Waals surface area contributed by atoms with E-state index >= 15 is 0 Å². The molecule has 0 saturated carbocycles. The maximum Gasteiger partial charge on any atom is 0.173 e. The summed E-state index contributed by atoms with van der Waals surface area (Å²) in [5, 5.41) is 3.84. The SMILES string of the molecule is CN(Cc1ccco1)C(=S)Nc1cccc(Br)c1. The predicted octanol–water partition coefficient (Wildman–Crippen LogP) is 3.87. The number of rotatable bonds is 3. The zero-order chi connectivity index (χ0) is 13.0. The molecule has 0 radical (unpaired) electrons. The Kier molecular flexibility index (Phi) is 4.38. The Balaban J connectivity index is 1.95. The molecule has 0 saturated heterocycles. The largest absolute Gasteiger partial charge is 0.467 e. The minimum absolute atomic E-state index is 0.646. The van der Waals surface area contributed by atoms with Crippen LogP contribution in [0, 0.1) is 0 Å². The Morgan fingerprint density at radius 1 is 1.39 bits per heavy atom. The van der Waals surface area contributed by atoms with Crippen LogP contribution in [0.3, 0.4) is 0 Å². The summed E-state index contributed by atoms with van der Waals surface area (Å²) in [4.78, 5) is 1.93. The lowest BCUT2D eigenvalue weighted by Crippen LogP contribution is -2.30. The van der Waals surface area contributed by atoms with Gasteiger partial charge in [0.05, 0.1) is 12.8 Å². The van der Waals surface area contributed by atoms with Gasteiger partial charge in [-0.15, -0.1) is 0 Å². The van der Waals surface area contributed by atoms with E-state index in [0.717, 1.165) is 15.9 Å². The molecule has 0 aliphatic heterocycles. The molecule has 1 aromatic carbocycles. The van der Waals surface area contributed by atoms with Gasteiger partial charge in [0.15, 0.2) is 5.11 Å². The minimum atomic E-state index is 0.646. The van der Waals surface area contributed by atoms with Crippen molar-refractivity contribution in [1.82, 2.24) is 4.90 Å². The fourth-order valence-electron chi connectivity index (χ4n) is 1.49. The van der Waals surface area contributed by atoms with Crippen molar-refractivity contribution in [2.45, 2.75) is 6.54 Å². The number of nitrogens with one attached hydrogen (secondary N) is 1. The summed E-state index contributed by atoms with van der Waals surface area (Å²) in [7, 11) is 1.93. The Labute approximate surface area is 120 Å². The number of halogens is 1. The number of thiocarbonyl (C=S) groups is 1. The highest BCUT2D eigenvalue weighted by atomic mass is 79.9. The molecule has 0 aliphatic carbocycles. The van der Waals surface area contributed by atoms with E-state index in [9.17, 15) is 0 Å². The molecule has 2 aromatic rings. The van der Waals surface area contributed by atoms with Gasteiger partial charge in [0.2, 0.25) is 0 Å². The van der Waals surface area contributed by atoms with Gasteiger partial charge < -0.3 is 14.6 Å². The van der Waals surface area contributed by atoms with Gasteiger partial charge >= 0.3 is 0 Å². The van der Waals surface area contributed by atoms with Crippen molar-refractivity contribution in [3.05, 3.63) is 52.9 Å². The van der Waals surface area contributed by atoms with E-state index in [-0.39, 0.29) is 0 Å². The average molecular weight is 325 g/mol. The van der Waals surface area contributed by atoms with Gasteiger partial charge in [-0.05, 0) is 42.5 Å². The topological polar surface area (TPSA) is 28.4 Å². The third-order valence-corrected chi connectivity index (χ3v) is 3.30. The molecular weight excluding hydrogens is 312 g/mol. The minimum Gasteiger partial charge on any atom is -0.467 e. The first-order chi connectivity index (χ1) is 8.65. The Morgan fingerprint density at radius 3 is 2.89 bits per heavy atom. The molecular formula is C13H13BrN2OS. The van der Waals surface area contributed by atoms with Crippen LogP contribution in [0.4, 0.5) is 5.69 Å². The van der Waals surface area contributed by atoms with Crippen LogP contribution in [0.2, 0.25) is 0 Å². The summed E-state index contributed by atoms with van der Waals surface area (Å²) in [5.74, 6) is 0.885. The maximum absolute atomic E-state index is 5.33. The molecule has 0 bridgehead atoms. The van der Waals surface area contributed by atoms with Gasteiger partial charge in [-0.3, -0.25) is 0 Å². The molecule has 0 atom stereocenters. The Morgan fingerprint density at radius 2 is 2.22 bits per heavy atom. The van der Waals surface area contributed by atoms with Crippen molar-refractivity contribution in [3.63, 3.8) is 0 Å². The molecule has 18 heavy (non-hydrogen) atoms. The molecule has 0 unspecified atom stereocenters. The molecule has 1 N–H and O–H groups in total. The second-order valence-electron chi connectivity index (χ2n) is 3.88. The Hall–Kier alpha value is -1.33. The van der Waals surface area contributed by atoms with E-state index in [0.29, 0.717) is 11.7 Å². The van der Waals surface area contributed by atoms with Crippen LogP contribution >= 0.6 is 28.1 Å². The van der Waals surface area contributed by atoms with E-state index in [2.05, 4.69) is 21.2 Å². The third-order valence-electron chi connectivity index (χ3n) is 2.40. The van der Waals surface area contributed by atoms with Crippen LogP contribution in [-0.2, 0) is 6.54 Å². The van der Waals surface area contributed by atoms with Crippen LogP contribution in [0.25, 0.3) is 0 Å². The standard InChI is InChI=1S/C13H13BrN2OS/c1-16(9-12-6-3-7-17-12)13(18)15-11-5-2-4-10(14)8-11/h2-8H,9H2,1H3,(H,15,18). The van der Waals surface area contributed by atoms with Gasteiger partial charge in [0.1, 0.15) is 5.76 Å². The molecule has 0 amide bonds. The lowest BCUT2D eigenvalue weighted by Gasteiger charge is -2.20. The first-order valence-corrected chi connectivity index (χ1v) is 6.65. The summed E-state index contributed by atoms with van der Waals surface area (Å²) in [6, 6.07) is 11.7. The van der Waals surface area contributed by atoms with E-state index in [1.54, 1.807) is 6.26 Å². The van der Waals surface area contributed by atoms with Gasteiger partial charge in [0, 0.05) is 17.2 Å². The maximum atomic E-state index is 5.33. The van der Waals surface area contributed by atoms with Crippen molar-refractivity contribution in [2.75, 3.05) is 12.4 Å². The molecule has 0 aliphatic rings. The molecule has 2 rings (SSSR count). The van der Waals surface area contributed by atoms with Crippen LogP contribution in [-0.4, -0.2) is 17.1 Å². The monoisotopic (exact) mass is 324 g/mol. The predicted molar refractivity (Wildman–Crippen MR) is 80.5 cm³/mol. The van der Waals surface area contributed by atoms with Gasteiger partial charge in [-0.1, -0.05) is 22.0 Å². The van der Waals surface area contributed by atoms with Crippen LogP contribution in [0.5, 0.6) is 0 Å². The van der Waals surface area contributed by atoms with Crippen LogP contribution < -0.4 is 5.32 Å². The van der Waals surface area contributed by atoms with Gasteiger partial charge in [-0.25, -0.2) is 0 Å². The summed E-state index contributed by atoms with van der Waals surface area (Å²) < 4.78 is 6.30. The van der Waals surface area contributed by atoms with Gasteiger partial charge in [0.25, 0.3) is 0 Å². The highest BCUT2D eigenvalue weighted by molar-refractivity contribution is 9.10. The first-order valence-electron chi connectivity index (χ1n) is 5.45. The second-order valence-corrected chi connectivity index (χ2v) is 5.18. The van der Waals surface area contributed by atoms with Crippen molar-refractivity contribution in [3.8, 4) is 0 Å². The first kappa shape index (κ1) is 13.1. The highest BCUT2D eigenvalue weighted by Gasteiger charge is 2.07. The average Bonchev–Trinajstić information content (AvgIpc) is 2.81. The number of nitrogens with zero attached hydrogens (tertiary/aromatic N) is 1. The summed E-state index contributed by atoms with van der Waals surface area (Å²) >= 11 is 8.76. The van der Waals surface area contributed by atoms with Gasteiger partial charge in [-0.2, -0.15) is 0 Å². The lowest BCUT2D eigenvalue weighted by molar-refractivity contribution is 0.414. The number of benzene rings is 1. The summed E-state index contributed by atoms with van der Waals surface area (Å²) in [6.07, 6.45) is 1.66. The second kappa shape index (κ2) is 6.02. The summed E-state index contributed by atoms with van der Waals surface area (Å²) in [5.41, 5.74) is 0.959. The molecule has 1 aromatic heterocycles. The molecule has 0 fully saturated rings. The molecule has 5 heteroatoms.